The summed E-state index contributed by atoms with van der Waals surface area (Å²) < 4.78 is 10.6. The van der Waals surface area contributed by atoms with Crippen molar-refractivity contribution in [2.75, 3.05) is 13.2 Å². The smallest absolute Gasteiger partial charge is 0.277 e. The fourth-order valence-electron chi connectivity index (χ4n) is 1.88. The van der Waals surface area contributed by atoms with E-state index in [1.807, 2.05) is 0 Å². The molecule has 0 saturated carbocycles. The Morgan fingerprint density at radius 3 is 2.62 bits per heavy atom. The second kappa shape index (κ2) is 9.52. The molecular formula is C17H15Cl3N2O4. The fraction of sp³-hybridized carbons (Fsp3) is 0.176. The molecule has 138 valence electrons. The number of carbonyl (C=O) groups excluding carboxylic acids is 1. The van der Waals surface area contributed by atoms with Gasteiger partial charge in [-0.3, -0.25) is 4.79 Å². The number of nitrogens with one attached hydrogen (secondary N) is 1. The second-order valence-electron chi connectivity index (χ2n) is 4.91. The molecule has 0 aromatic heterocycles. The van der Waals surface area contributed by atoms with Gasteiger partial charge in [0.25, 0.3) is 5.91 Å². The van der Waals surface area contributed by atoms with E-state index in [1.165, 1.54) is 18.3 Å². The number of hydrazone groups is 1. The lowest BCUT2D eigenvalue weighted by Crippen LogP contribution is -2.24. The maximum Gasteiger partial charge on any atom is 0.277 e. The van der Waals surface area contributed by atoms with Gasteiger partial charge in [0.05, 0.1) is 27.9 Å². The standard InChI is InChI=1S/C17H15Cl3N2O4/c1-2-25-14-5-3-4-10(17(14)24)8-21-22-16(23)9-26-15-7-12(19)11(18)6-13(15)20/h3-8,24H,2,9H2,1H3,(H,22,23)/b21-8+. The van der Waals surface area contributed by atoms with Crippen molar-refractivity contribution >= 4 is 46.9 Å². The molecule has 0 heterocycles. The van der Waals surface area contributed by atoms with Crippen molar-refractivity contribution in [2.45, 2.75) is 6.92 Å². The van der Waals surface area contributed by atoms with E-state index < -0.39 is 5.91 Å². The third-order valence-electron chi connectivity index (χ3n) is 3.06. The first-order valence-electron chi connectivity index (χ1n) is 7.46. The van der Waals surface area contributed by atoms with Gasteiger partial charge in [-0.05, 0) is 25.1 Å². The molecule has 0 aliphatic carbocycles. The highest BCUT2D eigenvalue weighted by Crippen LogP contribution is 2.33. The zero-order valence-corrected chi connectivity index (χ0v) is 15.9. The summed E-state index contributed by atoms with van der Waals surface area (Å²) in [5.74, 6) is -0.0300. The van der Waals surface area contributed by atoms with Crippen molar-refractivity contribution < 1.29 is 19.4 Å². The maximum absolute atomic E-state index is 11.8. The van der Waals surface area contributed by atoms with Crippen LogP contribution in [-0.2, 0) is 4.79 Å². The molecule has 0 spiro atoms. The SMILES string of the molecule is CCOc1cccc(/C=N/NC(=O)COc2cc(Cl)c(Cl)cc2Cl)c1O. The van der Waals surface area contributed by atoms with E-state index in [1.54, 1.807) is 25.1 Å². The molecule has 0 saturated heterocycles. The summed E-state index contributed by atoms with van der Waals surface area (Å²) >= 11 is 17.7. The van der Waals surface area contributed by atoms with E-state index in [0.29, 0.717) is 17.9 Å². The Morgan fingerprint density at radius 2 is 1.88 bits per heavy atom. The zero-order valence-electron chi connectivity index (χ0n) is 13.6. The lowest BCUT2D eigenvalue weighted by molar-refractivity contribution is -0.123. The van der Waals surface area contributed by atoms with Crippen LogP contribution in [0.1, 0.15) is 12.5 Å². The Labute approximate surface area is 165 Å². The van der Waals surface area contributed by atoms with Crippen LogP contribution >= 0.6 is 34.8 Å². The van der Waals surface area contributed by atoms with E-state index in [2.05, 4.69) is 10.5 Å². The summed E-state index contributed by atoms with van der Waals surface area (Å²) in [6.07, 6.45) is 1.29. The highest BCUT2D eigenvalue weighted by molar-refractivity contribution is 6.43. The van der Waals surface area contributed by atoms with Gasteiger partial charge in [0.1, 0.15) is 5.75 Å². The van der Waals surface area contributed by atoms with Crippen LogP contribution in [0.25, 0.3) is 0 Å². The number of carbonyl (C=O) groups is 1. The summed E-state index contributed by atoms with van der Waals surface area (Å²) in [5, 5.41) is 14.6. The number of hydrogen-bond acceptors (Lipinski definition) is 5. The molecule has 26 heavy (non-hydrogen) atoms. The van der Waals surface area contributed by atoms with Crippen molar-refractivity contribution in [1.82, 2.24) is 5.43 Å². The summed E-state index contributed by atoms with van der Waals surface area (Å²) in [6, 6.07) is 7.79. The van der Waals surface area contributed by atoms with Crippen LogP contribution in [0.3, 0.4) is 0 Å². The topological polar surface area (TPSA) is 80.2 Å². The fourth-order valence-corrected chi connectivity index (χ4v) is 2.47. The van der Waals surface area contributed by atoms with Gasteiger partial charge in [0.15, 0.2) is 18.1 Å². The van der Waals surface area contributed by atoms with E-state index in [-0.39, 0.29) is 33.2 Å². The Balaban J connectivity index is 1.92. The van der Waals surface area contributed by atoms with Crippen LogP contribution in [0, 0.1) is 0 Å². The zero-order chi connectivity index (χ0) is 19.1. The molecule has 6 nitrogen and oxygen atoms in total. The normalized spacial score (nSPS) is 10.8. The maximum atomic E-state index is 11.8. The minimum Gasteiger partial charge on any atom is -0.504 e. The second-order valence-corrected chi connectivity index (χ2v) is 6.13. The first-order chi connectivity index (χ1) is 12.4. The number of ether oxygens (including phenoxy) is 2. The predicted molar refractivity (Wildman–Crippen MR) is 102 cm³/mol. The summed E-state index contributed by atoms with van der Waals surface area (Å²) in [5.41, 5.74) is 2.67. The minimum atomic E-state index is -0.524. The summed E-state index contributed by atoms with van der Waals surface area (Å²) in [4.78, 5) is 11.8. The minimum absolute atomic E-state index is 0.0637. The predicted octanol–water partition coefficient (Wildman–Crippen LogP) is 4.28. The van der Waals surface area contributed by atoms with Crippen LogP contribution in [0.5, 0.6) is 17.2 Å². The summed E-state index contributed by atoms with van der Waals surface area (Å²) in [7, 11) is 0. The van der Waals surface area contributed by atoms with Gasteiger partial charge in [-0.2, -0.15) is 5.10 Å². The lowest BCUT2D eigenvalue weighted by Gasteiger charge is -2.08. The van der Waals surface area contributed by atoms with Gasteiger partial charge in [0.2, 0.25) is 0 Å². The van der Waals surface area contributed by atoms with Crippen molar-refractivity contribution in [3.8, 4) is 17.2 Å². The number of benzene rings is 2. The van der Waals surface area contributed by atoms with Gasteiger partial charge < -0.3 is 14.6 Å². The number of hydrogen-bond donors (Lipinski definition) is 2. The third-order valence-corrected chi connectivity index (χ3v) is 4.07. The van der Waals surface area contributed by atoms with E-state index in [4.69, 9.17) is 44.3 Å². The number of aromatic hydroxyl groups is 1. The van der Waals surface area contributed by atoms with E-state index in [9.17, 15) is 9.90 Å². The van der Waals surface area contributed by atoms with Gasteiger partial charge in [-0.25, -0.2) is 5.43 Å². The molecule has 2 rings (SSSR count). The van der Waals surface area contributed by atoms with Gasteiger partial charge in [-0.1, -0.05) is 40.9 Å². The molecule has 2 aromatic carbocycles. The Hall–Kier alpha value is -2.15. The Morgan fingerprint density at radius 1 is 1.15 bits per heavy atom. The van der Waals surface area contributed by atoms with Crippen LogP contribution < -0.4 is 14.9 Å². The molecule has 2 aromatic rings. The number of halogens is 3. The van der Waals surface area contributed by atoms with Crippen molar-refractivity contribution in [3.05, 3.63) is 51.0 Å². The molecular weight excluding hydrogens is 403 g/mol. The molecule has 0 unspecified atom stereocenters. The van der Waals surface area contributed by atoms with Gasteiger partial charge in [0, 0.05) is 11.6 Å². The first-order valence-corrected chi connectivity index (χ1v) is 8.59. The molecule has 0 bridgehead atoms. The van der Waals surface area contributed by atoms with Crippen molar-refractivity contribution in [2.24, 2.45) is 5.10 Å². The Bertz CT molecular complexity index is 828. The molecule has 0 atom stereocenters. The number of phenols is 1. The third kappa shape index (κ3) is 5.42. The molecule has 1 amide bonds. The lowest BCUT2D eigenvalue weighted by atomic mass is 10.2. The summed E-state index contributed by atoms with van der Waals surface area (Å²) in [6.45, 7) is 1.89. The van der Waals surface area contributed by atoms with Crippen LogP contribution in [-0.4, -0.2) is 30.4 Å². The average molecular weight is 418 g/mol. The Kier molecular flexibility index (Phi) is 7.38. The molecule has 0 fully saturated rings. The van der Waals surface area contributed by atoms with E-state index >= 15 is 0 Å². The molecule has 0 radical (unpaired) electrons. The first kappa shape index (κ1) is 20.2. The van der Waals surface area contributed by atoms with Crippen LogP contribution in [0.15, 0.2) is 35.4 Å². The van der Waals surface area contributed by atoms with Crippen molar-refractivity contribution in [3.63, 3.8) is 0 Å². The molecule has 0 aliphatic rings. The average Bonchev–Trinajstić information content (AvgIpc) is 2.60. The van der Waals surface area contributed by atoms with Crippen LogP contribution in [0.2, 0.25) is 15.1 Å². The molecule has 9 heteroatoms. The number of nitrogens with zero attached hydrogens (tertiary/aromatic N) is 1. The molecule has 0 aliphatic heterocycles. The monoisotopic (exact) mass is 416 g/mol. The number of rotatable bonds is 7. The van der Waals surface area contributed by atoms with Crippen molar-refractivity contribution in [1.29, 1.82) is 0 Å². The van der Waals surface area contributed by atoms with E-state index in [0.717, 1.165) is 0 Å². The number of amides is 1. The highest BCUT2D eigenvalue weighted by Gasteiger charge is 2.10. The molecule has 2 N–H and O–H groups in total. The van der Waals surface area contributed by atoms with Gasteiger partial charge in [-0.15, -0.1) is 0 Å². The van der Waals surface area contributed by atoms with Crippen LogP contribution in [0.4, 0.5) is 0 Å². The largest absolute Gasteiger partial charge is 0.504 e. The quantitative estimate of drug-likeness (QED) is 0.400. The highest BCUT2D eigenvalue weighted by atomic mass is 35.5. The number of para-hydroxylation sites is 1. The number of phenolic OH excluding ortho intramolecular Hbond substituents is 1. The van der Waals surface area contributed by atoms with Gasteiger partial charge >= 0.3 is 0 Å².